The highest BCUT2D eigenvalue weighted by Gasteiger charge is 2.14. The molecule has 0 aliphatic rings. The quantitative estimate of drug-likeness (QED) is 0.675. The minimum atomic E-state index is -0.101. The van der Waals surface area contributed by atoms with Crippen LogP contribution in [0.15, 0.2) is 48.5 Å². The number of ether oxygens (including phenoxy) is 2. The molecule has 0 fully saturated rings. The lowest BCUT2D eigenvalue weighted by Crippen LogP contribution is -2.35. The summed E-state index contributed by atoms with van der Waals surface area (Å²) in [6, 6.07) is 15.6. The lowest BCUT2D eigenvalue weighted by molar-refractivity contribution is 0.182. The predicted molar refractivity (Wildman–Crippen MR) is 105 cm³/mol. The van der Waals surface area contributed by atoms with E-state index in [0.717, 1.165) is 35.4 Å². The largest absolute Gasteiger partial charge is 0.496 e. The second-order valence-corrected chi connectivity index (χ2v) is 6.22. The van der Waals surface area contributed by atoms with E-state index in [1.807, 2.05) is 60.4 Å². The summed E-state index contributed by atoms with van der Waals surface area (Å²) in [6.45, 7) is 3.92. The van der Waals surface area contributed by atoms with Crippen LogP contribution in [0.5, 0.6) is 5.75 Å². The molecule has 140 valence electrons. The third-order valence-corrected chi connectivity index (χ3v) is 4.18. The zero-order valence-electron chi connectivity index (χ0n) is 15.8. The maximum atomic E-state index is 12.8. The number of aryl methyl sites for hydroxylation is 1. The maximum absolute atomic E-state index is 12.8. The number of benzene rings is 2. The average molecular weight is 356 g/mol. The summed E-state index contributed by atoms with van der Waals surface area (Å²) in [7, 11) is 3.34. The van der Waals surface area contributed by atoms with Crippen molar-refractivity contribution in [3.8, 4) is 5.75 Å². The zero-order valence-corrected chi connectivity index (χ0v) is 15.8. The Morgan fingerprint density at radius 2 is 1.85 bits per heavy atom. The first kappa shape index (κ1) is 19.8. The van der Waals surface area contributed by atoms with Crippen molar-refractivity contribution in [3.05, 3.63) is 59.7 Å². The van der Waals surface area contributed by atoms with Gasteiger partial charge in [-0.1, -0.05) is 30.3 Å². The summed E-state index contributed by atoms with van der Waals surface area (Å²) >= 11 is 0. The van der Waals surface area contributed by atoms with Crippen LogP contribution in [0.25, 0.3) is 0 Å². The molecule has 0 aliphatic heterocycles. The van der Waals surface area contributed by atoms with E-state index in [0.29, 0.717) is 19.7 Å². The van der Waals surface area contributed by atoms with Gasteiger partial charge in [-0.15, -0.1) is 0 Å². The van der Waals surface area contributed by atoms with Gasteiger partial charge in [-0.05, 0) is 49.1 Å². The highest BCUT2D eigenvalue weighted by molar-refractivity contribution is 5.89. The Labute approximate surface area is 155 Å². The number of unbranched alkanes of at least 4 members (excludes halogenated alkanes) is 1. The van der Waals surface area contributed by atoms with Gasteiger partial charge in [-0.2, -0.15) is 0 Å². The van der Waals surface area contributed by atoms with Crippen molar-refractivity contribution < 1.29 is 14.3 Å². The van der Waals surface area contributed by atoms with Crippen LogP contribution in [0.4, 0.5) is 10.5 Å². The van der Waals surface area contributed by atoms with Crippen molar-refractivity contribution >= 4 is 11.7 Å². The Bertz CT molecular complexity index is 689. The first-order chi connectivity index (χ1) is 12.6. The van der Waals surface area contributed by atoms with E-state index >= 15 is 0 Å². The minimum absolute atomic E-state index is 0.101. The predicted octanol–water partition coefficient (Wildman–Crippen LogP) is 4.46. The first-order valence-electron chi connectivity index (χ1n) is 8.87. The average Bonchev–Trinajstić information content (AvgIpc) is 2.65. The van der Waals surface area contributed by atoms with Gasteiger partial charge in [-0.3, -0.25) is 0 Å². The van der Waals surface area contributed by atoms with E-state index in [-0.39, 0.29) is 6.03 Å². The molecule has 2 aromatic rings. The molecule has 0 radical (unpaired) electrons. The van der Waals surface area contributed by atoms with Crippen LogP contribution >= 0.6 is 0 Å². The van der Waals surface area contributed by atoms with Gasteiger partial charge in [0.1, 0.15) is 5.75 Å². The SMILES string of the molecule is COCCCCN(Cc1ccccc1)C(=O)Nc1ccc(OC)c(C)c1. The molecule has 0 spiro atoms. The van der Waals surface area contributed by atoms with Crippen LogP contribution in [0.2, 0.25) is 0 Å². The van der Waals surface area contributed by atoms with Gasteiger partial charge in [0.2, 0.25) is 0 Å². The van der Waals surface area contributed by atoms with E-state index in [1.165, 1.54) is 0 Å². The smallest absolute Gasteiger partial charge is 0.322 e. The van der Waals surface area contributed by atoms with E-state index in [4.69, 9.17) is 9.47 Å². The number of hydrogen-bond acceptors (Lipinski definition) is 3. The van der Waals surface area contributed by atoms with Crippen molar-refractivity contribution in [2.45, 2.75) is 26.3 Å². The fourth-order valence-corrected chi connectivity index (χ4v) is 2.76. The molecular formula is C21H28N2O3. The molecule has 0 atom stereocenters. The molecule has 0 saturated carbocycles. The summed E-state index contributed by atoms with van der Waals surface area (Å²) in [5.74, 6) is 0.809. The Hall–Kier alpha value is -2.53. The number of carbonyl (C=O) groups is 1. The molecule has 2 rings (SSSR count). The van der Waals surface area contributed by atoms with Crippen LogP contribution in [-0.4, -0.2) is 38.3 Å². The van der Waals surface area contributed by atoms with Gasteiger partial charge in [0, 0.05) is 32.5 Å². The van der Waals surface area contributed by atoms with E-state index in [1.54, 1.807) is 14.2 Å². The summed E-state index contributed by atoms with van der Waals surface area (Å²) in [6.07, 6.45) is 1.83. The summed E-state index contributed by atoms with van der Waals surface area (Å²) in [4.78, 5) is 14.6. The Kier molecular flexibility index (Phi) is 7.96. The van der Waals surface area contributed by atoms with Crippen molar-refractivity contribution in [1.29, 1.82) is 0 Å². The maximum Gasteiger partial charge on any atom is 0.322 e. The zero-order chi connectivity index (χ0) is 18.8. The van der Waals surface area contributed by atoms with Crippen LogP contribution in [-0.2, 0) is 11.3 Å². The highest BCUT2D eigenvalue weighted by atomic mass is 16.5. The lowest BCUT2D eigenvalue weighted by atomic mass is 10.2. The van der Waals surface area contributed by atoms with Gasteiger partial charge < -0.3 is 19.7 Å². The highest BCUT2D eigenvalue weighted by Crippen LogP contribution is 2.22. The van der Waals surface area contributed by atoms with Gasteiger partial charge >= 0.3 is 6.03 Å². The van der Waals surface area contributed by atoms with Gasteiger partial charge in [-0.25, -0.2) is 4.79 Å². The van der Waals surface area contributed by atoms with E-state index < -0.39 is 0 Å². The van der Waals surface area contributed by atoms with Gasteiger partial charge in [0.15, 0.2) is 0 Å². The number of nitrogens with zero attached hydrogens (tertiary/aromatic N) is 1. The van der Waals surface area contributed by atoms with E-state index in [2.05, 4.69) is 5.32 Å². The fourth-order valence-electron chi connectivity index (χ4n) is 2.76. The molecule has 0 aromatic heterocycles. The molecule has 2 amide bonds. The minimum Gasteiger partial charge on any atom is -0.496 e. The van der Waals surface area contributed by atoms with Crippen molar-refractivity contribution in [2.75, 3.05) is 32.7 Å². The number of amides is 2. The molecule has 0 bridgehead atoms. The normalized spacial score (nSPS) is 10.4. The van der Waals surface area contributed by atoms with Crippen molar-refractivity contribution in [3.63, 3.8) is 0 Å². The molecule has 1 N–H and O–H groups in total. The summed E-state index contributed by atoms with van der Waals surface area (Å²) < 4.78 is 10.4. The van der Waals surface area contributed by atoms with Gasteiger partial charge in [0.05, 0.1) is 7.11 Å². The second kappa shape index (κ2) is 10.5. The number of carbonyl (C=O) groups excluding carboxylic acids is 1. The molecule has 5 heteroatoms. The second-order valence-electron chi connectivity index (χ2n) is 6.22. The molecule has 26 heavy (non-hydrogen) atoms. The Morgan fingerprint density at radius 3 is 2.50 bits per heavy atom. The van der Waals surface area contributed by atoms with Crippen LogP contribution < -0.4 is 10.1 Å². The number of hydrogen-bond donors (Lipinski definition) is 1. The molecule has 0 unspecified atom stereocenters. The number of methoxy groups -OCH3 is 2. The number of rotatable bonds is 9. The summed E-state index contributed by atoms with van der Waals surface area (Å²) in [5.41, 5.74) is 2.86. The fraction of sp³-hybridized carbons (Fsp3) is 0.381. The molecule has 5 nitrogen and oxygen atoms in total. The van der Waals surface area contributed by atoms with Crippen LogP contribution in [0.3, 0.4) is 0 Å². The van der Waals surface area contributed by atoms with Crippen LogP contribution in [0.1, 0.15) is 24.0 Å². The van der Waals surface area contributed by atoms with Crippen molar-refractivity contribution in [2.24, 2.45) is 0 Å². The monoisotopic (exact) mass is 356 g/mol. The third-order valence-electron chi connectivity index (χ3n) is 4.18. The van der Waals surface area contributed by atoms with Crippen molar-refractivity contribution in [1.82, 2.24) is 4.90 Å². The standard InChI is InChI=1S/C21H28N2O3/c1-17-15-19(11-12-20(17)26-3)22-21(24)23(13-7-8-14-25-2)16-18-9-5-4-6-10-18/h4-6,9-12,15H,7-8,13-14,16H2,1-3H3,(H,22,24). The number of anilines is 1. The van der Waals surface area contributed by atoms with Crippen LogP contribution in [0, 0.1) is 6.92 Å². The molecule has 2 aromatic carbocycles. The Morgan fingerprint density at radius 1 is 1.08 bits per heavy atom. The molecule has 0 heterocycles. The van der Waals surface area contributed by atoms with E-state index in [9.17, 15) is 4.79 Å². The lowest BCUT2D eigenvalue weighted by Gasteiger charge is -2.23. The van der Waals surface area contributed by atoms with Gasteiger partial charge in [0.25, 0.3) is 0 Å². The molecular weight excluding hydrogens is 328 g/mol. The Balaban J connectivity index is 2.04. The topological polar surface area (TPSA) is 50.8 Å². The first-order valence-corrected chi connectivity index (χ1v) is 8.87. The summed E-state index contributed by atoms with van der Waals surface area (Å²) in [5, 5.41) is 3.00. The molecule has 0 saturated heterocycles. The number of urea groups is 1. The molecule has 0 aliphatic carbocycles. The third kappa shape index (κ3) is 6.08. The number of nitrogens with one attached hydrogen (secondary N) is 1.